The maximum absolute atomic E-state index is 13.3. The molecule has 0 fully saturated rings. The number of hydrogen-bond acceptors (Lipinski definition) is 3. The van der Waals surface area contributed by atoms with Crippen molar-refractivity contribution in [2.75, 3.05) is 6.54 Å². The summed E-state index contributed by atoms with van der Waals surface area (Å²) in [5.74, 6) is -0.158. The van der Waals surface area contributed by atoms with Crippen LogP contribution in [0.1, 0.15) is 27.9 Å². The van der Waals surface area contributed by atoms with Crippen LogP contribution < -0.4 is 5.32 Å². The molecule has 4 heteroatoms. The number of nitrogens with zero attached hydrogens (tertiary/aromatic N) is 2. The molecule has 1 amide bonds. The van der Waals surface area contributed by atoms with Crippen LogP contribution in [-0.4, -0.2) is 17.4 Å². The zero-order valence-corrected chi connectivity index (χ0v) is 17.2. The molecule has 0 bridgehead atoms. The van der Waals surface area contributed by atoms with Gasteiger partial charge in [0.25, 0.3) is 5.91 Å². The van der Waals surface area contributed by atoms with E-state index in [4.69, 9.17) is 4.98 Å². The number of nitrogens with one attached hydrogen (secondary N) is 1. The van der Waals surface area contributed by atoms with Gasteiger partial charge in [-0.25, -0.2) is 4.98 Å². The number of rotatable bonds is 7. The van der Waals surface area contributed by atoms with Crippen molar-refractivity contribution >= 4 is 16.8 Å². The van der Waals surface area contributed by atoms with Gasteiger partial charge in [-0.05, 0) is 24.5 Å². The van der Waals surface area contributed by atoms with E-state index in [0.29, 0.717) is 23.4 Å². The van der Waals surface area contributed by atoms with E-state index in [1.54, 1.807) is 0 Å². The minimum Gasteiger partial charge on any atom is -0.352 e. The fourth-order valence-corrected chi connectivity index (χ4v) is 3.82. The summed E-state index contributed by atoms with van der Waals surface area (Å²) in [6, 6.07) is 29.8. The number of carbonyl (C=O) groups is 1. The lowest BCUT2D eigenvalue weighted by atomic mass is 9.94. The second-order valence-corrected chi connectivity index (χ2v) is 7.38. The second-order valence-electron chi connectivity index (χ2n) is 7.38. The molecule has 4 aromatic rings. The Balaban J connectivity index is 1.67. The van der Waals surface area contributed by atoms with Crippen molar-refractivity contribution in [2.24, 2.45) is 0 Å². The standard InChI is InChI=1S/C27H23N3O/c28-18-17-23-25(27(31)29-19-9-12-20-10-3-1-4-11-20)22-15-7-8-16-24(22)30-26(23)21-13-5-2-6-14-21/h1-8,10-11,13-16H,9,12,17,19H2,(H,29,31). The molecule has 0 saturated heterocycles. The third-order valence-electron chi connectivity index (χ3n) is 5.29. The Morgan fingerprint density at radius 3 is 2.32 bits per heavy atom. The maximum atomic E-state index is 13.3. The van der Waals surface area contributed by atoms with Crippen LogP contribution in [0.5, 0.6) is 0 Å². The maximum Gasteiger partial charge on any atom is 0.252 e. The average Bonchev–Trinajstić information content (AvgIpc) is 2.82. The van der Waals surface area contributed by atoms with Crippen molar-refractivity contribution in [1.29, 1.82) is 5.26 Å². The fraction of sp³-hybridized carbons (Fsp3) is 0.148. The smallest absolute Gasteiger partial charge is 0.252 e. The van der Waals surface area contributed by atoms with Crippen LogP contribution in [0.25, 0.3) is 22.2 Å². The molecule has 1 N–H and O–H groups in total. The van der Waals surface area contributed by atoms with Crippen LogP contribution >= 0.6 is 0 Å². The lowest BCUT2D eigenvalue weighted by Crippen LogP contribution is -2.26. The van der Waals surface area contributed by atoms with Gasteiger partial charge >= 0.3 is 0 Å². The number of fused-ring (bicyclic) bond motifs is 1. The Kier molecular flexibility index (Phi) is 6.35. The summed E-state index contributed by atoms with van der Waals surface area (Å²) in [6.45, 7) is 0.567. The number of aromatic nitrogens is 1. The van der Waals surface area contributed by atoms with Crippen LogP contribution in [0.15, 0.2) is 84.9 Å². The van der Waals surface area contributed by atoms with Crippen LogP contribution in [0.4, 0.5) is 0 Å². The van der Waals surface area contributed by atoms with Crippen LogP contribution in [0.3, 0.4) is 0 Å². The Morgan fingerprint density at radius 2 is 1.58 bits per heavy atom. The van der Waals surface area contributed by atoms with E-state index in [0.717, 1.165) is 29.3 Å². The van der Waals surface area contributed by atoms with Gasteiger partial charge < -0.3 is 5.32 Å². The number of nitriles is 1. The first kappa shape index (κ1) is 20.3. The van der Waals surface area contributed by atoms with Crippen molar-refractivity contribution in [3.8, 4) is 17.3 Å². The molecule has 0 atom stereocenters. The first-order chi connectivity index (χ1) is 15.3. The van der Waals surface area contributed by atoms with Crippen LogP contribution in [-0.2, 0) is 12.8 Å². The molecular weight excluding hydrogens is 382 g/mol. The highest BCUT2D eigenvalue weighted by Crippen LogP contribution is 2.30. The van der Waals surface area contributed by atoms with Gasteiger partial charge in [-0.3, -0.25) is 4.79 Å². The Bertz CT molecular complexity index is 1230. The zero-order chi connectivity index (χ0) is 21.5. The predicted octanol–water partition coefficient (Wildman–Crippen LogP) is 5.33. The molecule has 31 heavy (non-hydrogen) atoms. The van der Waals surface area contributed by atoms with E-state index in [-0.39, 0.29) is 12.3 Å². The van der Waals surface area contributed by atoms with Gasteiger partial charge in [-0.1, -0.05) is 78.9 Å². The Hall–Kier alpha value is -3.97. The van der Waals surface area contributed by atoms with Crippen molar-refractivity contribution in [1.82, 2.24) is 10.3 Å². The summed E-state index contributed by atoms with van der Waals surface area (Å²) in [5, 5.41) is 13.3. The second kappa shape index (κ2) is 9.69. The summed E-state index contributed by atoms with van der Waals surface area (Å²) in [7, 11) is 0. The van der Waals surface area contributed by atoms with Gasteiger partial charge in [0, 0.05) is 23.1 Å². The van der Waals surface area contributed by atoms with Gasteiger partial charge in [-0.2, -0.15) is 5.26 Å². The summed E-state index contributed by atoms with van der Waals surface area (Å²) in [5.41, 5.74) is 4.81. The minimum absolute atomic E-state index is 0.120. The first-order valence-corrected chi connectivity index (χ1v) is 10.4. The lowest BCUT2D eigenvalue weighted by Gasteiger charge is -2.16. The number of aryl methyl sites for hydroxylation is 1. The van der Waals surface area contributed by atoms with E-state index in [2.05, 4.69) is 23.5 Å². The molecule has 0 aliphatic rings. The number of para-hydroxylation sites is 1. The Morgan fingerprint density at radius 1 is 0.903 bits per heavy atom. The van der Waals surface area contributed by atoms with Gasteiger partial charge in [0.15, 0.2) is 0 Å². The molecule has 4 nitrogen and oxygen atoms in total. The number of pyridine rings is 1. The Labute approximate surface area is 182 Å². The zero-order valence-electron chi connectivity index (χ0n) is 17.2. The molecule has 0 spiro atoms. The largest absolute Gasteiger partial charge is 0.352 e. The van der Waals surface area contributed by atoms with E-state index < -0.39 is 0 Å². The summed E-state index contributed by atoms with van der Waals surface area (Å²) in [4.78, 5) is 18.1. The highest BCUT2D eigenvalue weighted by Gasteiger charge is 2.21. The SMILES string of the molecule is N#CCc1c(-c2ccccc2)nc2ccccc2c1C(=O)NCCCc1ccccc1. The van der Waals surface area contributed by atoms with Crippen molar-refractivity contribution in [3.05, 3.63) is 102 Å². The molecule has 1 heterocycles. The van der Waals surface area contributed by atoms with Gasteiger partial charge in [0.05, 0.1) is 29.3 Å². The quantitative estimate of drug-likeness (QED) is 0.423. The van der Waals surface area contributed by atoms with Crippen molar-refractivity contribution in [2.45, 2.75) is 19.3 Å². The normalized spacial score (nSPS) is 10.5. The molecular formula is C27H23N3O. The number of amides is 1. The summed E-state index contributed by atoms with van der Waals surface area (Å²) in [6.07, 6.45) is 1.87. The number of benzene rings is 3. The molecule has 0 radical (unpaired) electrons. The number of carbonyl (C=O) groups excluding carboxylic acids is 1. The van der Waals surface area contributed by atoms with Crippen molar-refractivity contribution in [3.63, 3.8) is 0 Å². The van der Waals surface area contributed by atoms with E-state index in [1.165, 1.54) is 5.56 Å². The fourth-order valence-electron chi connectivity index (χ4n) is 3.82. The van der Waals surface area contributed by atoms with E-state index in [1.807, 2.05) is 72.8 Å². The molecule has 152 valence electrons. The van der Waals surface area contributed by atoms with Gasteiger partial charge in [0.1, 0.15) is 0 Å². The van der Waals surface area contributed by atoms with Gasteiger partial charge in [-0.15, -0.1) is 0 Å². The molecule has 4 rings (SSSR count). The highest BCUT2D eigenvalue weighted by atomic mass is 16.1. The monoisotopic (exact) mass is 405 g/mol. The average molecular weight is 406 g/mol. The molecule has 3 aromatic carbocycles. The summed E-state index contributed by atoms with van der Waals surface area (Å²) < 4.78 is 0. The van der Waals surface area contributed by atoms with Crippen LogP contribution in [0.2, 0.25) is 0 Å². The molecule has 0 aliphatic carbocycles. The highest BCUT2D eigenvalue weighted by molar-refractivity contribution is 6.09. The third-order valence-corrected chi connectivity index (χ3v) is 5.29. The summed E-state index contributed by atoms with van der Waals surface area (Å²) >= 11 is 0. The lowest BCUT2D eigenvalue weighted by molar-refractivity contribution is 0.0954. The molecule has 0 aliphatic heterocycles. The molecule has 0 unspecified atom stereocenters. The van der Waals surface area contributed by atoms with Gasteiger partial charge in [0.2, 0.25) is 0 Å². The molecule has 1 aromatic heterocycles. The predicted molar refractivity (Wildman–Crippen MR) is 124 cm³/mol. The van der Waals surface area contributed by atoms with E-state index in [9.17, 15) is 10.1 Å². The third kappa shape index (κ3) is 4.62. The first-order valence-electron chi connectivity index (χ1n) is 10.4. The molecule has 0 saturated carbocycles. The number of hydrogen-bond donors (Lipinski definition) is 1. The minimum atomic E-state index is -0.158. The van der Waals surface area contributed by atoms with Crippen molar-refractivity contribution < 1.29 is 4.79 Å². The van der Waals surface area contributed by atoms with E-state index >= 15 is 0 Å². The van der Waals surface area contributed by atoms with Crippen LogP contribution in [0, 0.1) is 11.3 Å². The topological polar surface area (TPSA) is 65.8 Å².